The zero-order valence-electron chi connectivity index (χ0n) is 9.44. The Morgan fingerprint density at radius 3 is 3.07 bits per heavy atom. The van der Waals surface area contributed by atoms with Crippen LogP contribution in [0.5, 0.6) is 0 Å². The van der Waals surface area contributed by atoms with Crippen LogP contribution in [0.2, 0.25) is 0 Å². The van der Waals surface area contributed by atoms with Crippen LogP contribution in [0.4, 0.5) is 0 Å². The van der Waals surface area contributed by atoms with E-state index in [9.17, 15) is 0 Å². The molecule has 0 aliphatic heterocycles. The number of nitrogens with one attached hydrogen (secondary N) is 1. The molecule has 0 fully saturated rings. The second-order valence-corrected chi connectivity index (χ2v) is 4.71. The van der Waals surface area contributed by atoms with Gasteiger partial charge in [-0.3, -0.25) is 0 Å². The fourth-order valence-electron chi connectivity index (χ4n) is 1.18. The molecule has 1 aromatic heterocycles. The zero-order chi connectivity index (χ0) is 10.9. The highest BCUT2D eigenvalue weighted by molar-refractivity contribution is 7.99. The van der Waals surface area contributed by atoms with E-state index in [1.807, 2.05) is 6.07 Å². The monoisotopic (exact) mass is 225 g/mol. The first-order valence-corrected chi connectivity index (χ1v) is 6.41. The summed E-state index contributed by atoms with van der Waals surface area (Å²) in [7, 11) is 0. The number of aromatic nitrogens is 2. The first kappa shape index (κ1) is 12.5. The van der Waals surface area contributed by atoms with E-state index in [4.69, 9.17) is 0 Å². The van der Waals surface area contributed by atoms with E-state index < -0.39 is 0 Å². The summed E-state index contributed by atoms with van der Waals surface area (Å²) >= 11 is 1.80. The van der Waals surface area contributed by atoms with Crippen LogP contribution >= 0.6 is 11.8 Å². The van der Waals surface area contributed by atoms with Crippen molar-refractivity contribution in [3.63, 3.8) is 0 Å². The van der Waals surface area contributed by atoms with Crippen LogP contribution in [0.15, 0.2) is 23.6 Å². The minimum atomic E-state index is 0.677. The standard InChI is InChI=1S/C11H19N3S/c1-3-5-12-7-10(2)8-15-11-4-6-13-9-14-11/h4,6,9-10,12H,3,5,7-8H2,1-2H3. The van der Waals surface area contributed by atoms with Crippen LogP contribution in [0.25, 0.3) is 0 Å². The van der Waals surface area contributed by atoms with Crippen LogP contribution in [-0.2, 0) is 0 Å². The molecule has 0 saturated carbocycles. The molecule has 1 atom stereocenters. The quantitative estimate of drug-likeness (QED) is 0.438. The van der Waals surface area contributed by atoms with E-state index in [0.29, 0.717) is 5.92 Å². The molecule has 1 unspecified atom stereocenters. The Bertz CT molecular complexity index is 253. The average Bonchev–Trinajstić information content (AvgIpc) is 2.28. The summed E-state index contributed by atoms with van der Waals surface area (Å²) in [6, 6.07) is 1.96. The fourth-order valence-corrected chi connectivity index (χ4v) is 2.03. The van der Waals surface area contributed by atoms with E-state index in [-0.39, 0.29) is 0 Å². The Balaban J connectivity index is 2.14. The maximum atomic E-state index is 4.18. The largest absolute Gasteiger partial charge is 0.316 e. The van der Waals surface area contributed by atoms with Gasteiger partial charge < -0.3 is 5.32 Å². The van der Waals surface area contributed by atoms with Crippen molar-refractivity contribution in [2.45, 2.75) is 25.3 Å². The summed E-state index contributed by atoms with van der Waals surface area (Å²) in [5, 5.41) is 4.49. The van der Waals surface area contributed by atoms with Crippen molar-refractivity contribution in [1.82, 2.24) is 15.3 Å². The van der Waals surface area contributed by atoms with E-state index in [2.05, 4.69) is 29.1 Å². The number of hydrogen-bond donors (Lipinski definition) is 1. The van der Waals surface area contributed by atoms with Crippen molar-refractivity contribution in [1.29, 1.82) is 0 Å². The summed E-state index contributed by atoms with van der Waals surface area (Å²) < 4.78 is 0. The van der Waals surface area contributed by atoms with Crippen LogP contribution in [0, 0.1) is 5.92 Å². The van der Waals surface area contributed by atoms with Crippen molar-refractivity contribution in [3.8, 4) is 0 Å². The van der Waals surface area contributed by atoms with Gasteiger partial charge in [-0.1, -0.05) is 13.8 Å². The van der Waals surface area contributed by atoms with Gasteiger partial charge in [0.1, 0.15) is 6.33 Å². The Kier molecular flexibility index (Phi) is 6.36. The molecule has 1 heterocycles. The van der Waals surface area contributed by atoms with E-state index in [0.717, 1.165) is 23.9 Å². The van der Waals surface area contributed by atoms with Crippen molar-refractivity contribution >= 4 is 11.8 Å². The molecule has 84 valence electrons. The van der Waals surface area contributed by atoms with Crippen molar-refractivity contribution < 1.29 is 0 Å². The van der Waals surface area contributed by atoms with Gasteiger partial charge in [0.15, 0.2) is 0 Å². The third-order valence-electron chi connectivity index (χ3n) is 1.99. The van der Waals surface area contributed by atoms with E-state index in [1.165, 1.54) is 6.42 Å². The number of hydrogen-bond acceptors (Lipinski definition) is 4. The predicted molar refractivity (Wildman–Crippen MR) is 65.1 cm³/mol. The van der Waals surface area contributed by atoms with Crippen molar-refractivity contribution in [2.75, 3.05) is 18.8 Å². The van der Waals surface area contributed by atoms with Gasteiger partial charge in [0.2, 0.25) is 0 Å². The molecule has 0 saturated heterocycles. The average molecular weight is 225 g/mol. The van der Waals surface area contributed by atoms with Gasteiger partial charge in [0, 0.05) is 11.9 Å². The van der Waals surface area contributed by atoms with E-state index >= 15 is 0 Å². The normalized spacial score (nSPS) is 12.7. The molecular weight excluding hydrogens is 206 g/mol. The lowest BCUT2D eigenvalue weighted by atomic mass is 10.2. The van der Waals surface area contributed by atoms with Gasteiger partial charge in [-0.05, 0) is 31.5 Å². The SMILES string of the molecule is CCCNCC(C)CSc1ccncn1. The van der Waals surface area contributed by atoms with Crippen LogP contribution in [0.3, 0.4) is 0 Å². The van der Waals surface area contributed by atoms with Gasteiger partial charge in [0.05, 0.1) is 5.03 Å². The number of thioether (sulfide) groups is 1. The van der Waals surface area contributed by atoms with E-state index in [1.54, 1.807) is 24.3 Å². The molecule has 0 bridgehead atoms. The zero-order valence-corrected chi connectivity index (χ0v) is 10.3. The molecule has 15 heavy (non-hydrogen) atoms. The lowest BCUT2D eigenvalue weighted by Gasteiger charge is -2.11. The van der Waals surface area contributed by atoms with Gasteiger partial charge in [-0.25, -0.2) is 9.97 Å². The molecule has 0 aliphatic rings. The molecule has 0 aliphatic carbocycles. The molecule has 0 amide bonds. The number of nitrogens with zero attached hydrogens (tertiary/aromatic N) is 2. The molecule has 3 nitrogen and oxygen atoms in total. The summed E-state index contributed by atoms with van der Waals surface area (Å²) in [5.74, 6) is 1.78. The van der Waals surface area contributed by atoms with Gasteiger partial charge in [0.25, 0.3) is 0 Å². The Morgan fingerprint density at radius 2 is 2.40 bits per heavy atom. The third-order valence-corrected chi connectivity index (χ3v) is 3.26. The first-order valence-electron chi connectivity index (χ1n) is 5.42. The van der Waals surface area contributed by atoms with Gasteiger partial charge >= 0.3 is 0 Å². The molecule has 4 heteroatoms. The lowest BCUT2D eigenvalue weighted by Crippen LogP contribution is -2.23. The minimum Gasteiger partial charge on any atom is -0.316 e. The van der Waals surface area contributed by atoms with Gasteiger partial charge in [-0.15, -0.1) is 11.8 Å². The molecule has 0 radical (unpaired) electrons. The Morgan fingerprint density at radius 1 is 1.53 bits per heavy atom. The fraction of sp³-hybridized carbons (Fsp3) is 0.636. The summed E-state index contributed by atoms with van der Waals surface area (Å²) in [6.07, 6.45) is 4.59. The molecule has 1 aromatic rings. The summed E-state index contributed by atoms with van der Waals surface area (Å²) in [6.45, 7) is 6.65. The maximum absolute atomic E-state index is 4.18. The first-order chi connectivity index (χ1) is 7.33. The lowest BCUT2D eigenvalue weighted by molar-refractivity contribution is 0.557. The predicted octanol–water partition coefficient (Wildman–Crippen LogP) is 2.20. The second-order valence-electron chi connectivity index (χ2n) is 3.67. The third kappa shape index (κ3) is 5.74. The van der Waals surface area contributed by atoms with Crippen LogP contribution in [0.1, 0.15) is 20.3 Å². The second kappa shape index (κ2) is 7.65. The summed E-state index contributed by atoms with van der Waals surface area (Å²) in [5.41, 5.74) is 0. The highest BCUT2D eigenvalue weighted by atomic mass is 32.2. The smallest absolute Gasteiger partial charge is 0.116 e. The minimum absolute atomic E-state index is 0.677. The van der Waals surface area contributed by atoms with Crippen LogP contribution in [-0.4, -0.2) is 28.8 Å². The van der Waals surface area contributed by atoms with Crippen molar-refractivity contribution in [2.24, 2.45) is 5.92 Å². The van der Waals surface area contributed by atoms with Crippen LogP contribution < -0.4 is 5.32 Å². The maximum Gasteiger partial charge on any atom is 0.116 e. The Labute approximate surface area is 96.1 Å². The summed E-state index contributed by atoms with van der Waals surface area (Å²) in [4.78, 5) is 8.07. The molecular formula is C11H19N3S. The van der Waals surface area contributed by atoms with Gasteiger partial charge in [-0.2, -0.15) is 0 Å². The molecule has 0 aromatic carbocycles. The number of rotatable bonds is 7. The Hall–Kier alpha value is -0.610. The molecule has 1 rings (SSSR count). The highest BCUT2D eigenvalue weighted by Gasteiger charge is 2.02. The van der Waals surface area contributed by atoms with Crippen molar-refractivity contribution in [3.05, 3.63) is 18.6 Å². The molecule has 1 N–H and O–H groups in total. The topological polar surface area (TPSA) is 37.8 Å². The molecule has 0 spiro atoms. The highest BCUT2D eigenvalue weighted by Crippen LogP contribution is 2.16.